The van der Waals surface area contributed by atoms with Gasteiger partial charge in [-0.05, 0) is 0 Å². The number of aromatic nitrogens is 6. The van der Waals surface area contributed by atoms with Crippen LogP contribution in [-0.2, 0) is 23.8 Å². The second-order valence-corrected chi connectivity index (χ2v) is 12.6. The van der Waals surface area contributed by atoms with Gasteiger partial charge in [0.05, 0.1) is 0 Å². The summed E-state index contributed by atoms with van der Waals surface area (Å²) >= 11 is 5.17. The number of benzene rings is 2. The summed E-state index contributed by atoms with van der Waals surface area (Å²) in [5.74, 6) is -2.26. The Balaban J connectivity index is 0.000000978. The third-order valence-corrected chi connectivity index (χ3v) is 7.49. The number of rotatable bonds is 7. The van der Waals surface area contributed by atoms with Crippen molar-refractivity contribution in [2.75, 3.05) is 0 Å². The maximum atomic E-state index is 13.6. The van der Waals surface area contributed by atoms with E-state index in [0.717, 1.165) is 27.4 Å². The molecule has 0 radical (unpaired) electrons. The molecule has 0 aliphatic heterocycles. The van der Waals surface area contributed by atoms with Gasteiger partial charge in [0.25, 0.3) is 0 Å². The van der Waals surface area contributed by atoms with Crippen molar-refractivity contribution in [3.63, 3.8) is 0 Å². The van der Waals surface area contributed by atoms with Crippen molar-refractivity contribution in [3.05, 3.63) is 81.3 Å². The Morgan fingerprint density at radius 1 is 1.02 bits per heavy atom. The van der Waals surface area contributed by atoms with Crippen molar-refractivity contribution < 1.29 is 50.4 Å². The summed E-state index contributed by atoms with van der Waals surface area (Å²) in [6.45, 7) is -1.26. The van der Waals surface area contributed by atoms with E-state index >= 15 is 0 Å². The van der Waals surface area contributed by atoms with E-state index < -0.39 is 111 Å². The second kappa shape index (κ2) is 13.9. The number of hydrogen-bond donors (Lipinski definition) is 4. The van der Waals surface area contributed by atoms with Crippen LogP contribution in [-0.4, -0.2) is 105 Å². The number of primary amides is 1. The Bertz CT molecular complexity index is 1750. The summed E-state index contributed by atoms with van der Waals surface area (Å²) in [5.41, 5.74) is 3.01. The summed E-state index contributed by atoms with van der Waals surface area (Å²) < 4.78 is 90.1. The molecule has 0 aliphatic rings. The number of hydrogen-bond acceptors (Lipinski definition) is 6. The van der Waals surface area contributed by atoms with Gasteiger partial charge in [0.1, 0.15) is 0 Å². The van der Waals surface area contributed by atoms with Gasteiger partial charge in [0.2, 0.25) is 0 Å². The SMILES string of the molecule is NC(=O)c1nc(Cn2nc(-c3ccc(Cl)cc3)n(C[CH]([K])C(F)(F)F)c2=O)nn1-c1ccccc1C(F)(F)F.O=P(O)(O)O. The number of nitrogens with zero attached hydrogens (tertiary/aromatic N) is 6. The van der Waals surface area contributed by atoms with E-state index in [-0.39, 0.29) is 11.6 Å². The van der Waals surface area contributed by atoms with Gasteiger partial charge in [-0.3, -0.25) is 0 Å². The molecule has 22 heteroatoms. The van der Waals surface area contributed by atoms with Gasteiger partial charge in [0.15, 0.2) is 0 Å². The number of amides is 1. The van der Waals surface area contributed by atoms with Crippen LogP contribution in [0.2, 0.25) is 5.04 Å². The fourth-order valence-electron chi connectivity index (χ4n) is 3.68. The summed E-state index contributed by atoms with van der Waals surface area (Å²) in [4.78, 5) is 50.6. The van der Waals surface area contributed by atoms with Crippen LogP contribution in [0.25, 0.3) is 17.1 Å². The molecule has 13 nitrogen and oxygen atoms in total. The van der Waals surface area contributed by atoms with Crippen molar-refractivity contribution in [1.29, 1.82) is 0 Å². The van der Waals surface area contributed by atoms with E-state index in [1.54, 1.807) is 0 Å². The monoisotopic (exact) mass is 695 g/mol. The van der Waals surface area contributed by atoms with Crippen LogP contribution in [0.3, 0.4) is 0 Å². The zero-order chi connectivity index (χ0) is 33.2. The van der Waals surface area contributed by atoms with Crippen molar-refractivity contribution in [2.45, 2.75) is 25.5 Å². The Morgan fingerprint density at radius 3 is 2.11 bits per heavy atom. The summed E-state index contributed by atoms with van der Waals surface area (Å²) in [6.07, 6.45) is -9.33. The Hall–Kier alpha value is -2.39. The third kappa shape index (κ3) is 9.55. The molecular weight excluding hydrogens is 678 g/mol. The number of carbonyl (C=O) groups excluding carboxylic acids is 1. The van der Waals surface area contributed by atoms with E-state index in [0.29, 0.717) is 15.3 Å². The molecule has 1 atom stereocenters. The number of nitrogens with two attached hydrogens (primary N) is 1. The number of para-hydroxylation sites is 1. The number of phosphoric acid groups is 1. The van der Waals surface area contributed by atoms with Crippen molar-refractivity contribution in [3.8, 4) is 17.1 Å². The van der Waals surface area contributed by atoms with Crippen LogP contribution in [0.15, 0.2) is 53.3 Å². The molecule has 2 aromatic heterocycles. The fourth-order valence-corrected chi connectivity index (χ4v) is 4.38. The molecule has 1 amide bonds. The summed E-state index contributed by atoms with van der Waals surface area (Å²) in [7, 11) is -4.64. The van der Waals surface area contributed by atoms with E-state index in [2.05, 4.69) is 15.2 Å². The third-order valence-electron chi connectivity index (χ3n) is 5.64. The minimum absolute atomic E-state index is 0.0906. The van der Waals surface area contributed by atoms with Gasteiger partial charge in [-0.2, -0.15) is 13.2 Å². The van der Waals surface area contributed by atoms with Gasteiger partial charge in [-0.25, -0.2) is 4.57 Å². The van der Waals surface area contributed by atoms with Crippen LogP contribution in [0.4, 0.5) is 26.3 Å². The molecule has 4 aromatic rings. The molecule has 2 aromatic carbocycles. The molecular formula is C22H18ClF6KN7O6P. The molecule has 1 unspecified atom stereocenters. The van der Waals surface area contributed by atoms with Crippen molar-refractivity contribution in [1.82, 2.24) is 29.1 Å². The fraction of sp³-hybridized carbons (Fsp3) is 0.227. The predicted octanol–water partition coefficient (Wildman–Crippen LogP) is 2.70. The van der Waals surface area contributed by atoms with E-state index in [4.69, 9.17) is 36.6 Å². The van der Waals surface area contributed by atoms with Crippen LogP contribution in [0, 0.1) is 0 Å². The van der Waals surface area contributed by atoms with Crippen molar-refractivity contribution in [2.24, 2.45) is 5.73 Å². The second-order valence-electron chi connectivity index (χ2n) is 8.98. The average Bonchev–Trinajstić information content (AvgIpc) is 3.44. The van der Waals surface area contributed by atoms with Gasteiger partial charge < -0.3 is 14.7 Å². The zero-order valence-electron chi connectivity index (χ0n) is 22.0. The molecule has 0 saturated heterocycles. The molecule has 0 aliphatic carbocycles. The minimum atomic E-state index is -4.81. The van der Waals surface area contributed by atoms with E-state index in [9.17, 15) is 35.9 Å². The topological polar surface area (TPSA) is 191 Å². The smallest absolute Gasteiger partial charge is 0.303 e. The van der Waals surface area contributed by atoms with Crippen molar-refractivity contribution >= 4 is 74.3 Å². The molecule has 0 fully saturated rings. The van der Waals surface area contributed by atoms with Crippen LogP contribution < -0.4 is 11.4 Å². The molecule has 44 heavy (non-hydrogen) atoms. The molecule has 232 valence electrons. The predicted molar refractivity (Wildman–Crippen MR) is 141 cm³/mol. The maximum absolute atomic E-state index is 13.6. The quantitative estimate of drug-likeness (QED) is 0.128. The first-order valence-corrected chi connectivity index (χ1v) is 15.6. The first-order chi connectivity index (χ1) is 20.2. The molecule has 0 saturated carbocycles. The number of carbonyl (C=O) groups is 1. The molecule has 5 N–H and O–H groups in total. The molecule has 4 rings (SSSR count). The van der Waals surface area contributed by atoms with Crippen LogP contribution >= 0.6 is 19.4 Å². The number of halogens is 7. The number of alkyl halides is 6. The molecule has 2 heterocycles. The Morgan fingerprint density at radius 2 is 1.59 bits per heavy atom. The normalized spacial score (nSPS) is 12.9. The van der Waals surface area contributed by atoms with Gasteiger partial charge >= 0.3 is 245 Å². The van der Waals surface area contributed by atoms with Crippen LogP contribution in [0.1, 0.15) is 22.0 Å². The van der Waals surface area contributed by atoms with E-state index in [1.807, 2.05) is 0 Å². The van der Waals surface area contributed by atoms with Gasteiger partial charge in [0, 0.05) is 0 Å². The molecule has 0 bridgehead atoms. The minimum Gasteiger partial charge on any atom is -0.303 e. The average molecular weight is 696 g/mol. The first-order valence-electron chi connectivity index (χ1n) is 11.9. The van der Waals surface area contributed by atoms with Gasteiger partial charge in [-0.15, -0.1) is 0 Å². The zero-order valence-corrected chi connectivity index (χ0v) is 26.8. The van der Waals surface area contributed by atoms with Crippen LogP contribution in [0.5, 0.6) is 0 Å². The van der Waals surface area contributed by atoms with Gasteiger partial charge in [-0.1, -0.05) is 6.07 Å². The Kier molecular flexibility index (Phi) is 11.4. The van der Waals surface area contributed by atoms with E-state index in [1.165, 1.54) is 30.3 Å². The summed E-state index contributed by atoms with van der Waals surface area (Å²) in [6, 6.07) is 10.1. The first kappa shape index (κ1) is 36.1. The molecule has 0 spiro atoms. The Labute approximate surface area is 281 Å². The summed E-state index contributed by atoms with van der Waals surface area (Å²) in [5, 5.41) is 8.43. The standard InChI is InChI=1S/C22H15ClF6N7O2.K.H3O4P/c23-13-7-5-12(6-8-13)18-33-35(20(38)34(18)10-9-21(24,25)26)11-16-31-19(17(30)37)36(32-16)15-4-2-1-3-14(15)22(27,28)29;;1-5(2,3)4/h1-9H,10-11H2,(H2,30,37);;(H3,1,2,3,4).